The number of aryl methyl sites for hydroxylation is 1. The number of anilines is 1. The third kappa shape index (κ3) is 3.43. The summed E-state index contributed by atoms with van der Waals surface area (Å²) in [6.45, 7) is 6.01. The summed E-state index contributed by atoms with van der Waals surface area (Å²) in [4.78, 5) is 9.30. The average molecular weight is 412 g/mol. The van der Waals surface area contributed by atoms with Gasteiger partial charge < -0.3 is 5.32 Å². The first-order chi connectivity index (χ1) is 13.4. The number of halogens is 2. The molecular formula is C21H19Cl2N5. The largest absolute Gasteiger partial charge is 0.352 e. The quantitative estimate of drug-likeness (QED) is 0.454. The van der Waals surface area contributed by atoms with Crippen LogP contribution in [0.4, 0.5) is 5.95 Å². The predicted molar refractivity (Wildman–Crippen MR) is 115 cm³/mol. The van der Waals surface area contributed by atoms with E-state index in [0.717, 1.165) is 28.2 Å². The van der Waals surface area contributed by atoms with Crippen molar-refractivity contribution in [2.45, 2.75) is 26.8 Å². The Bertz CT molecular complexity index is 1150. The normalized spacial score (nSPS) is 11.4. The van der Waals surface area contributed by atoms with E-state index < -0.39 is 0 Å². The van der Waals surface area contributed by atoms with Gasteiger partial charge in [-0.1, -0.05) is 53.5 Å². The van der Waals surface area contributed by atoms with Crippen LogP contribution in [0.2, 0.25) is 10.0 Å². The van der Waals surface area contributed by atoms with Crippen molar-refractivity contribution < 1.29 is 0 Å². The molecule has 0 aliphatic rings. The van der Waals surface area contributed by atoms with E-state index in [1.165, 1.54) is 0 Å². The third-order valence-electron chi connectivity index (χ3n) is 4.33. The van der Waals surface area contributed by atoms with Gasteiger partial charge in [0.05, 0.1) is 10.6 Å². The smallest absolute Gasteiger partial charge is 0.226 e. The predicted octanol–water partition coefficient (Wildman–Crippen LogP) is 5.89. The van der Waals surface area contributed by atoms with Crippen molar-refractivity contribution in [3.8, 4) is 22.4 Å². The first-order valence-electron chi connectivity index (χ1n) is 8.99. The van der Waals surface area contributed by atoms with Crippen LogP contribution in [0.1, 0.15) is 19.7 Å². The van der Waals surface area contributed by atoms with Crippen molar-refractivity contribution >= 4 is 34.8 Å². The van der Waals surface area contributed by atoms with Crippen LogP contribution in [-0.4, -0.2) is 25.6 Å². The molecule has 1 N–H and O–H groups in total. The lowest BCUT2D eigenvalue weighted by Gasteiger charge is -2.10. The van der Waals surface area contributed by atoms with E-state index in [4.69, 9.17) is 33.3 Å². The van der Waals surface area contributed by atoms with Gasteiger partial charge in [0.2, 0.25) is 5.95 Å². The average Bonchev–Trinajstić information content (AvgIpc) is 3.02. The molecule has 0 aliphatic carbocycles. The zero-order chi connectivity index (χ0) is 19.8. The number of nitrogens with zero attached hydrogens (tertiary/aromatic N) is 4. The maximum Gasteiger partial charge on any atom is 0.226 e. The van der Waals surface area contributed by atoms with Gasteiger partial charge in [-0.2, -0.15) is 19.6 Å². The van der Waals surface area contributed by atoms with Crippen LogP contribution < -0.4 is 5.32 Å². The van der Waals surface area contributed by atoms with E-state index in [9.17, 15) is 0 Å². The zero-order valence-electron chi connectivity index (χ0n) is 15.7. The molecule has 0 atom stereocenters. The zero-order valence-corrected chi connectivity index (χ0v) is 17.3. The SMILES string of the molecule is Cc1nc(NC(C)C)nc2c(-c3ccc(Cl)cc3)c(-c3ccccc3Cl)nn12. The van der Waals surface area contributed by atoms with Crippen molar-refractivity contribution in [2.75, 3.05) is 5.32 Å². The highest BCUT2D eigenvalue weighted by molar-refractivity contribution is 6.33. The Labute approximate surface area is 173 Å². The van der Waals surface area contributed by atoms with Crippen LogP contribution in [0.15, 0.2) is 48.5 Å². The number of hydrogen-bond acceptors (Lipinski definition) is 4. The number of nitrogens with one attached hydrogen (secondary N) is 1. The Morgan fingerprint density at radius 1 is 0.964 bits per heavy atom. The lowest BCUT2D eigenvalue weighted by atomic mass is 10.0. The first-order valence-corrected chi connectivity index (χ1v) is 9.74. The molecule has 2 heterocycles. The molecule has 5 nitrogen and oxygen atoms in total. The summed E-state index contributed by atoms with van der Waals surface area (Å²) >= 11 is 12.6. The summed E-state index contributed by atoms with van der Waals surface area (Å²) in [5.74, 6) is 1.31. The molecule has 0 saturated heterocycles. The lowest BCUT2D eigenvalue weighted by Crippen LogP contribution is -2.14. The molecule has 0 aliphatic heterocycles. The molecule has 2 aromatic heterocycles. The number of hydrogen-bond donors (Lipinski definition) is 1. The Hall–Kier alpha value is -2.63. The molecule has 2 aromatic carbocycles. The maximum absolute atomic E-state index is 6.49. The van der Waals surface area contributed by atoms with Gasteiger partial charge in [-0.25, -0.2) is 0 Å². The molecule has 0 radical (unpaired) electrons. The van der Waals surface area contributed by atoms with Gasteiger partial charge in [0.1, 0.15) is 11.5 Å². The molecule has 142 valence electrons. The number of aromatic nitrogens is 4. The summed E-state index contributed by atoms with van der Waals surface area (Å²) < 4.78 is 1.76. The minimum atomic E-state index is 0.215. The topological polar surface area (TPSA) is 55.1 Å². The van der Waals surface area contributed by atoms with Gasteiger partial charge in [-0.15, -0.1) is 0 Å². The molecule has 0 bridgehead atoms. The first kappa shape index (κ1) is 18.7. The van der Waals surface area contributed by atoms with Crippen molar-refractivity contribution in [3.63, 3.8) is 0 Å². The minimum absolute atomic E-state index is 0.215. The van der Waals surface area contributed by atoms with Gasteiger partial charge >= 0.3 is 0 Å². The van der Waals surface area contributed by atoms with Gasteiger partial charge in [-0.3, -0.25) is 0 Å². The van der Waals surface area contributed by atoms with Crippen molar-refractivity contribution in [3.05, 3.63) is 64.4 Å². The highest BCUT2D eigenvalue weighted by Gasteiger charge is 2.21. The molecule has 0 fully saturated rings. The fourth-order valence-electron chi connectivity index (χ4n) is 3.11. The monoisotopic (exact) mass is 411 g/mol. The number of rotatable bonds is 4. The molecule has 4 rings (SSSR count). The standard InChI is InChI=1S/C21H19Cl2N5/c1-12(2)24-21-25-13(3)28-20(26-21)18(14-8-10-15(22)11-9-14)19(27-28)16-6-4-5-7-17(16)23/h4-12H,1-3H3,(H,24,26). The maximum atomic E-state index is 6.49. The van der Waals surface area contributed by atoms with E-state index in [1.54, 1.807) is 4.52 Å². The molecule has 28 heavy (non-hydrogen) atoms. The number of benzene rings is 2. The highest BCUT2D eigenvalue weighted by atomic mass is 35.5. The summed E-state index contributed by atoms with van der Waals surface area (Å²) in [6, 6.07) is 15.5. The van der Waals surface area contributed by atoms with E-state index in [1.807, 2.05) is 55.5 Å². The Balaban J connectivity index is 2.05. The van der Waals surface area contributed by atoms with Crippen molar-refractivity contribution in [1.82, 2.24) is 19.6 Å². The van der Waals surface area contributed by atoms with Gasteiger partial charge in [0, 0.05) is 16.6 Å². The molecule has 0 unspecified atom stereocenters. The summed E-state index contributed by atoms with van der Waals surface area (Å²) in [7, 11) is 0. The van der Waals surface area contributed by atoms with Crippen LogP contribution in [0, 0.1) is 6.92 Å². The van der Waals surface area contributed by atoms with Gasteiger partial charge in [-0.05, 0) is 44.5 Å². The van der Waals surface area contributed by atoms with Crippen molar-refractivity contribution in [1.29, 1.82) is 0 Å². The van der Waals surface area contributed by atoms with E-state index >= 15 is 0 Å². The second-order valence-corrected chi connectivity index (χ2v) is 7.68. The van der Waals surface area contributed by atoms with E-state index in [0.29, 0.717) is 21.6 Å². The lowest BCUT2D eigenvalue weighted by molar-refractivity contribution is 0.816. The Kier molecular flexibility index (Phi) is 4.96. The molecule has 0 spiro atoms. The summed E-state index contributed by atoms with van der Waals surface area (Å²) in [5.41, 5.74) is 4.17. The molecule has 0 amide bonds. The molecule has 4 aromatic rings. The summed E-state index contributed by atoms with van der Waals surface area (Å²) in [6.07, 6.45) is 0. The summed E-state index contributed by atoms with van der Waals surface area (Å²) in [5, 5.41) is 9.39. The van der Waals surface area contributed by atoms with Crippen molar-refractivity contribution in [2.24, 2.45) is 0 Å². The minimum Gasteiger partial charge on any atom is -0.352 e. The van der Waals surface area contributed by atoms with Crippen LogP contribution in [0.25, 0.3) is 28.0 Å². The second-order valence-electron chi connectivity index (χ2n) is 6.84. The highest BCUT2D eigenvalue weighted by Crippen LogP contribution is 2.38. The van der Waals surface area contributed by atoms with Crippen LogP contribution in [0.3, 0.4) is 0 Å². The van der Waals surface area contributed by atoms with E-state index in [-0.39, 0.29) is 6.04 Å². The number of fused-ring (bicyclic) bond motifs is 1. The van der Waals surface area contributed by atoms with Crippen LogP contribution in [-0.2, 0) is 0 Å². The Morgan fingerprint density at radius 3 is 2.36 bits per heavy atom. The fourth-order valence-corrected chi connectivity index (χ4v) is 3.46. The Morgan fingerprint density at radius 2 is 1.68 bits per heavy atom. The van der Waals surface area contributed by atoms with E-state index in [2.05, 4.69) is 24.1 Å². The molecule has 0 saturated carbocycles. The van der Waals surface area contributed by atoms with Crippen LogP contribution in [0.5, 0.6) is 0 Å². The third-order valence-corrected chi connectivity index (χ3v) is 4.91. The second kappa shape index (κ2) is 7.41. The molecular weight excluding hydrogens is 393 g/mol. The molecule has 7 heteroatoms. The van der Waals surface area contributed by atoms with Crippen LogP contribution >= 0.6 is 23.2 Å². The van der Waals surface area contributed by atoms with Gasteiger partial charge in [0.15, 0.2) is 5.65 Å². The fraction of sp³-hybridized carbons (Fsp3) is 0.190. The van der Waals surface area contributed by atoms with Gasteiger partial charge in [0.25, 0.3) is 0 Å².